The molecule has 13 heteroatoms. The maximum atomic E-state index is 13.5. The number of ether oxygens (including phenoxy) is 1. The highest BCUT2D eigenvalue weighted by Crippen LogP contribution is 2.44. The van der Waals surface area contributed by atoms with Gasteiger partial charge in [0.05, 0.1) is 0 Å². The van der Waals surface area contributed by atoms with Crippen LogP contribution in [0.4, 0.5) is 9.59 Å². The van der Waals surface area contributed by atoms with Gasteiger partial charge in [-0.1, -0.05) is 50.6 Å². The number of unbranched alkanes of at least 4 members (excludes halogenated alkanes) is 2. The first-order valence-electron chi connectivity index (χ1n) is 16.6. The summed E-state index contributed by atoms with van der Waals surface area (Å²) in [6, 6.07) is 5.63. The van der Waals surface area contributed by atoms with E-state index < -0.39 is 42.1 Å². The summed E-state index contributed by atoms with van der Waals surface area (Å²) in [6.07, 6.45) is 6.31. The maximum absolute atomic E-state index is 13.5. The molecule has 0 saturated heterocycles. The van der Waals surface area contributed by atoms with Crippen LogP contribution in [0.15, 0.2) is 30.3 Å². The summed E-state index contributed by atoms with van der Waals surface area (Å²) in [5.41, 5.74) is 6.37. The average molecular weight is 645 g/mol. The number of alkyl carbamates (subject to hydrolysis) is 1. The number of urea groups is 1. The van der Waals surface area contributed by atoms with E-state index in [-0.39, 0.29) is 43.9 Å². The lowest BCUT2D eigenvalue weighted by molar-refractivity contribution is -0.139. The molecule has 0 heterocycles. The molecule has 2 fully saturated rings. The third-order valence-electron chi connectivity index (χ3n) is 8.89. The molecule has 3 rings (SSSR count). The van der Waals surface area contributed by atoms with Gasteiger partial charge >= 0.3 is 18.1 Å². The zero-order chi connectivity index (χ0) is 33.5. The number of hydrogen-bond acceptors (Lipinski definition) is 7. The number of aliphatic carboxylic acids is 1. The number of hydrogen-bond donors (Lipinski definition) is 7. The van der Waals surface area contributed by atoms with Crippen molar-refractivity contribution in [2.24, 2.45) is 23.5 Å². The van der Waals surface area contributed by atoms with Gasteiger partial charge in [-0.2, -0.15) is 0 Å². The minimum Gasteiger partial charge on any atom is -0.480 e. The molecule has 2 saturated carbocycles. The number of carboxylic acid groups (broad SMARTS) is 1. The van der Waals surface area contributed by atoms with Gasteiger partial charge in [-0.15, -0.1) is 0 Å². The first kappa shape index (κ1) is 36.6. The number of carbonyl (C=O) groups excluding carboxylic acids is 4. The van der Waals surface area contributed by atoms with Crippen molar-refractivity contribution in [2.75, 3.05) is 13.1 Å². The SMILES string of the molecule is CC(C)[C@H](NC(=O)[C@@H](CCCCNC(=O)OCc1ccccc1)NC(=O)N[C@@H](CCCCN)C(=O)O)C(=O)N[C@@H]1C[C@@H]2CC[C@@H]1C2. The Labute approximate surface area is 271 Å². The van der Waals surface area contributed by atoms with Gasteiger partial charge in [-0.05, 0) is 87.6 Å². The van der Waals surface area contributed by atoms with Gasteiger partial charge in [0.15, 0.2) is 0 Å². The summed E-state index contributed by atoms with van der Waals surface area (Å²) >= 11 is 0. The first-order valence-corrected chi connectivity index (χ1v) is 16.6. The summed E-state index contributed by atoms with van der Waals surface area (Å²) in [4.78, 5) is 63.5. The van der Waals surface area contributed by atoms with Crippen LogP contribution in [0.3, 0.4) is 0 Å². The van der Waals surface area contributed by atoms with E-state index in [9.17, 15) is 29.1 Å². The Hall–Kier alpha value is -3.87. The van der Waals surface area contributed by atoms with Crippen molar-refractivity contribution >= 4 is 29.9 Å². The molecule has 2 bridgehead atoms. The minimum atomic E-state index is -1.18. The fourth-order valence-corrected chi connectivity index (χ4v) is 6.30. The van der Waals surface area contributed by atoms with E-state index >= 15 is 0 Å². The average Bonchev–Trinajstić information content (AvgIpc) is 3.65. The van der Waals surface area contributed by atoms with Crippen LogP contribution in [0.5, 0.6) is 0 Å². The molecule has 13 nitrogen and oxygen atoms in total. The van der Waals surface area contributed by atoms with Crippen LogP contribution in [-0.2, 0) is 25.7 Å². The third-order valence-corrected chi connectivity index (χ3v) is 8.89. The molecule has 6 atom stereocenters. The minimum absolute atomic E-state index is 0.114. The Kier molecular flexibility index (Phi) is 15.1. The number of nitrogens with two attached hydrogens (primary N) is 1. The molecule has 2 aliphatic carbocycles. The Balaban J connectivity index is 1.55. The smallest absolute Gasteiger partial charge is 0.407 e. The van der Waals surface area contributed by atoms with E-state index in [1.54, 1.807) is 0 Å². The fourth-order valence-electron chi connectivity index (χ4n) is 6.30. The molecule has 0 unspecified atom stereocenters. The van der Waals surface area contributed by atoms with Gasteiger partial charge in [-0.25, -0.2) is 14.4 Å². The van der Waals surface area contributed by atoms with Crippen molar-refractivity contribution in [2.45, 2.75) is 109 Å². The second-order valence-corrected chi connectivity index (χ2v) is 12.9. The van der Waals surface area contributed by atoms with Crippen LogP contribution in [0.2, 0.25) is 0 Å². The van der Waals surface area contributed by atoms with Gasteiger partial charge < -0.3 is 42.2 Å². The van der Waals surface area contributed by atoms with Crippen LogP contribution in [-0.4, -0.2) is 72.3 Å². The van der Waals surface area contributed by atoms with Crippen LogP contribution in [0.25, 0.3) is 0 Å². The second-order valence-electron chi connectivity index (χ2n) is 12.9. The summed E-state index contributed by atoms with van der Waals surface area (Å²) in [5.74, 6) is -1.04. The quantitative estimate of drug-likeness (QED) is 0.111. The molecule has 2 aliphatic rings. The van der Waals surface area contributed by atoms with Crippen molar-refractivity contribution in [1.29, 1.82) is 0 Å². The molecule has 0 radical (unpaired) electrons. The van der Waals surface area contributed by atoms with E-state index in [0.717, 1.165) is 24.8 Å². The number of fused-ring (bicyclic) bond motifs is 2. The summed E-state index contributed by atoms with van der Waals surface area (Å²) in [5, 5.41) is 23.3. The highest BCUT2D eigenvalue weighted by molar-refractivity contribution is 5.92. The van der Waals surface area contributed by atoms with Gasteiger partial charge in [0.25, 0.3) is 0 Å². The highest BCUT2D eigenvalue weighted by atomic mass is 16.5. The molecule has 1 aromatic carbocycles. The van der Waals surface area contributed by atoms with E-state index in [4.69, 9.17) is 10.5 Å². The van der Waals surface area contributed by atoms with E-state index in [1.165, 1.54) is 6.42 Å². The maximum Gasteiger partial charge on any atom is 0.407 e. The number of nitrogens with one attached hydrogen (secondary N) is 5. The molecule has 46 heavy (non-hydrogen) atoms. The third kappa shape index (κ3) is 12.1. The lowest BCUT2D eigenvalue weighted by Gasteiger charge is -2.29. The standard InChI is InChI=1S/C33H52N6O7/c1-21(2)28(30(41)36-27-19-23-14-15-24(27)18-23)39-29(40)25(37-32(44)38-26(31(42)43)13-6-8-16-34)12-7-9-17-35-33(45)46-20-22-10-4-3-5-11-22/h3-5,10-11,21,23-28H,6-9,12-20,34H2,1-2H3,(H,35,45)(H,36,41)(H,39,40)(H,42,43)(H2,37,38,44)/t23-,24-,25-,26+,27-,28+/m1/s1. The number of carbonyl (C=O) groups is 5. The summed E-state index contributed by atoms with van der Waals surface area (Å²) in [7, 11) is 0. The zero-order valence-corrected chi connectivity index (χ0v) is 27.1. The van der Waals surface area contributed by atoms with E-state index in [0.29, 0.717) is 44.1 Å². The van der Waals surface area contributed by atoms with Gasteiger partial charge in [-0.3, -0.25) is 9.59 Å². The molecule has 8 N–H and O–H groups in total. The Morgan fingerprint density at radius 2 is 1.59 bits per heavy atom. The molecule has 0 spiro atoms. The van der Waals surface area contributed by atoms with Crippen LogP contribution >= 0.6 is 0 Å². The Morgan fingerprint density at radius 3 is 2.22 bits per heavy atom. The highest BCUT2D eigenvalue weighted by Gasteiger charge is 2.41. The summed E-state index contributed by atoms with van der Waals surface area (Å²) in [6.45, 7) is 4.54. The van der Waals surface area contributed by atoms with Crippen molar-refractivity contribution in [3.63, 3.8) is 0 Å². The van der Waals surface area contributed by atoms with Crippen molar-refractivity contribution in [1.82, 2.24) is 26.6 Å². The molecule has 0 aromatic heterocycles. The monoisotopic (exact) mass is 644 g/mol. The van der Waals surface area contributed by atoms with Crippen molar-refractivity contribution in [3.05, 3.63) is 35.9 Å². The number of benzene rings is 1. The van der Waals surface area contributed by atoms with Crippen molar-refractivity contribution in [3.8, 4) is 0 Å². The van der Waals surface area contributed by atoms with E-state index in [1.807, 2.05) is 44.2 Å². The molecule has 0 aliphatic heterocycles. The van der Waals surface area contributed by atoms with E-state index in [2.05, 4.69) is 26.6 Å². The fraction of sp³-hybridized carbons (Fsp3) is 0.667. The second kappa shape index (κ2) is 18.9. The van der Waals surface area contributed by atoms with Gasteiger partial charge in [0.2, 0.25) is 11.8 Å². The largest absolute Gasteiger partial charge is 0.480 e. The van der Waals surface area contributed by atoms with Crippen molar-refractivity contribution < 1.29 is 33.8 Å². The lowest BCUT2D eigenvalue weighted by Crippen LogP contribution is -2.58. The molecular weight excluding hydrogens is 592 g/mol. The molecule has 256 valence electrons. The molecule has 1 aromatic rings. The van der Waals surface area contributed by atoms with Gasteiger partial charge in [0.1, 0.15) is 24.7 Å². The Bertz CT molecular complexity index is 1150. The lowest BCUT2D eigenvalue weighted by atomic mass is 9.94. The molecular formula is C33H52N6O7. The number of amides is 5. The first-order chi connectivity index (χ1) is 22.1. The molecule has 5 amide bonds. The summed E-state index contributed by atoms with van der Waals surface area (Å²) < 4.78 is 5.22. The van der Waals surface area contributed by atoms with Gasteiger partial charge in [0, 0.05) is 12.6 Å². The van der Waals surface area contributed by atoms with Crippen LogP contribution < -0.4 is 32.3 Å². The topological polar surface area (TPSA) is 201 Å². The van der Waals surface area contributed by atoms with Crippen LogP contribution in [0.1, 0.15) is 83.6 Å². The zero-order valence-electron chi connectivity index (χ0n) is 27.1. The Morgan fingerprint density at radius 1 is 0.891 bits per heavy atom. The van der Waals surface area contributed by atoms with Crippen LogP contribution in [0, 0.1) is 17.8 Å². The predicted octanol–water partition coefficient (Wildman–Crippen LogP) is 2.78. The predicted molar refractivity (Wildman–Crippen MR) is 172 cm³/mol. The number of carboxylic acids is 1. The number of rotatable bonds is 19. The normalized spacial score (nSPS) is 20.3.